The van der Waals surface area contributed by atoms with Gasteiger partial charge in [-0.25, -0.2) is 0 Å². The van der Waals surface area contributed by atoms with E-state index >= 15 is 0 Å². The molecule has 1 heterocycles. The molecule has 1 fully saturated rings. The van der Waals surface area contributed by atoms with Crippen molar-refractivity contribution >= 4 is 16.8 Å². The standard InChI is InChI=1S/C8H14ClNO/c9-8(11)4-3-7-10-5-1-2-6-10/h1-7H2. The highest BCUT2D eigenvalue weighted by atomic mass is 35.5. The third kappa shape index (κ3) is 3.73. The SMILES string of the molecule is O=C(Cl)CCCN1CCCC1. The molecule has 1 aliphatic heterocycles. The summed E-state index contributed by atoms with van der Waals surface area (Å²) in [5.74, 6) is 0. The monoisotopic (exact) mass is 175 g/mol. The van der Waals surface area contributed by atoms with Crippen molar-refractivity contribution in [3.63, 3.8) is 0 Å². The molecular formula is C8H14ClNO. The summed E-state index contributed by atoms with van der Waals surface area (Å²) >= 11 is 5.21. The van der Waals surface area contributed by atoms with E-state index in [9.17, 15) is 4.79 Å². The van der Waals surface area contributed by atoms with Gasteiger partial charge < -0.3 is 4.90 Å². The quantitative estimate of drug-likeness (QED) is 0.606. The summed E-state index contributed by atoms with van der Waals surface area (Å²) in [4.78, 5) is 12.8. The lowest BCUT2D eigenvalue weighted by Gasteiger charge is -2.12. The van der Waals surface area contributed by atoms with E-state index in [1.807, 2.05) is 0 Å². The average molecular weight is 176 g/mol. The second kappa shape index (κ2) is 4.73. The van der Waals surface area contributed by atoms with Crippen LogP contribution in [-0.4, -0.2) is 29.8 Å². The van der Waals surface area contributed by atoms with Crippen molar-refractivity contribution in [2.45, 2.75) is 25.7 Å². The molecular weight excluding hydrogens is 162 g/mol. The number of hydrogen-bond donors (Lipinski definition) is 0. The number of rotatable bonds is 4. The normalized spacial score (nSPS) is 19.0. The Morgan fingerprint density at radius 2 is 2.00 bits per heavy atom. The molecule has 0 aliphatic carbocycles. The fourth-order valence-electron chi connectivity index (χ4n) is 1.45. The van der Waals surface area contributed by atoms with Crippen LogP contribution in [-0.2, 0) is 4.79 Å². The molecule has 0 aromatic heterocycles. The fourth-order valence-corrected chi connectivity index (χ4v) is 1.58. The first-order valence-corrected chi connectivity index (χ1v) is 4.57. The van der Waals surface area contributed by atoms with E-state index in [1.54, 1.807) is 0 Å². The molecule has 0 unspecified atom stereocenters. The van der Waals surface area contributed by atoms with Crippen molar-refractivity contribution in [3.05, 3.63) is 0 Å². The maximum Gasteiger partial charge on any atom is 0.221 e. The van der Waals surface area contributed by atoms with Crippen LogP contribution in [0.4, 0.5) is 0 Å². The number of carbonyl (C=O) groups excluding carboxylic acids is 1. The highest BCUT2D eigenvalue weighted by Crippen LogP contribution is 2.08. The fraction of sp³-hybridized carbons (Fsp3) is 0.875. The third-order valence-corrected chi connectivity index (χ3v) is 2.24. The van der Waals surface area contributed by atoms with Crippen molar-refractivity contribution in [1.82, 2.24) is 4.90 Å². The molecule has 3 heteroatoms. The zero-order valence-electron chi connectivity index (χ0n) is 6.68. The van der Waals surface area contributed by atoms with E-state index in [2.05, 4.69) is 4.90 Å². The largest absolute Gasteiger partial charge is 0.303 e. The Balaban J connectivity index is 1.98. The first-order chi connectivity index (χ1) is 5.29. The first kappa shape index (κ1) is 9.01. The molecule has 64 valence electrons. The Kier molecular flexibility index (Phi) is 3.87. The lowest BCUT2D eigenvalue weighted by molar-refractivity contribution is -0.111. The van der Waals surface area contributed by atoms with Crippen LogP contribution in [0.3, 0.4) is 0 Å². The Morgan fingerprint density at radius 3 is 2.55 bits per heavy atom. The van der Waals surface area contributed by atoms with Crippen molar-refractivity contribution < 1.29 is 4.79 Å². The Morgan fingerprint density at radius 1 is 1.36 bits per heavy atom. The van der Waals surface area contributed by atoms with Crippen LogP contribution in [0.25, 0.3) is 0 Å². The van der Waals surface area contributed by atoms with Gasteiger partial charge >= 0.3 is 0 Å². The summed E-state index contributed by atoms with van der Waals surface area (Å²) < 4.78 is 0. The smallest absolute Gasteiger partial charge is 0.221 e. The number of carbonyl (C=O) groups is 1. The molecule has 0 N–H and O–H groups in total. The van der Waals surface area contributed by atoms with Crippen molar-refractivity contribution in [3.8, 4) is 0 Å². The molecule has 0 bridgehead atoms. The van der Waals surface area contributed by atoms with Gasteiger partial charge in [0.1, 0.15) is 0 Å². The van der Waals surface area contributed by atoms with Crippen molar-refractivity contribution in [1.29, 1.82) is 0 Å². The van der Waals surface area contributed by atoms with Gasteiger partial charge in [0, 0.05) is 6.42 Å². The number of nitrogens with zero attached hydrogens (tertiary/aromatic N) is 1. The molecule has 11 heavy (non-hydrogen) atoms. The van der Waals surface area contributed by atoms with E-state index in [4.69, 9.17) is 11.6 Å². The minimum absolute atomic E-state index is 0.204. The summed E-state index contributed by atoms with van der Waals surface area (Å²) in [7, 11) is 0. The predicted octanol–water partition coefficient (Wildman–Crippen LogP) is 1.63. The molecule has 0 saturated carbocycles. The highest BCUT2D eigenvalue weighted by Gasteiger charge is 2.10. The number of hydrogen-bond acceptors (Lipinski definition) is 2. The van der Waals surface area contributed by atoms with Gasteiger partial charge in [-0.2, -0.15) is 0 Å². The Hall–Kier alpha value is -0.0800. The third-order valence-electron chi connectivity index (χ3n) is 2.05. The van der Waals surface area contributed by atoms with Crippen LogP contribution < -0.4 is 0 Å². The van der Waals surface area contributed by atoms with E-state index in [1.165, 1.54) is 25.9 Å². The summed E-state index contributed by atoms with van der Waals surface area (Å²) in [6.45, 7) is 3.45. The zero-order chi connectivity index (χ0) is 8.10. The molecule has 1 rings (SSSR count). The predicted molar refractivity (Wildman–Crippen MR) is 45.8 cm³/mol. The Bertz CT molecular complexity index is 132. The van der Waals surface area contributed by atoms with E-state index in [0.717, 1.165) is 13.0 Å². The van der Waals surface area contributed by atoms with Crippen LogP contribution >= 0.6 is 11.6 Å². The number of likely N-dealkylation sites (tertiary alicyclic amines) is 1. The maximum absolute atomic E-state index is 10.4. The molecule has 2 nitrogen and oxygen atoms in total. The van der Waals surface area contributed by atoms with Gasteiger partial charge in [-0.15, -0.1) is 0 Å². The summed E-state index contributed by atoms with van der Waals surface area (Å²) in [5, 5.41) is -0.204. The molecule has 0 spiro atoms. The minimum atomic E-state index is -0.204. The topological polar surface area (TPSA) is 20.3 Å². The van der Waals surface area contributed by atoms with Crippen LogP contribution in [0.5, 0.6) is 0 Å². The van der Waals surface area contributed by atoms with Gasteiger partial charge in [0.2, 0.25) is 5.24 Å². The van der Waals surface area contributed by atoms with Gasteiger partial charge in [-0.3, -0.25) is 4.79 Å². The zero-order valence-corrected chi connectivity index (χ0v) is 7.44. The first-order valence-electron chi connectivity index (χ1n) is 4.20. The van der Waals surface area contributed by atoms with E-state index < -0.39 is 0 Å². The average Bonchev–Trinajstić information content (AvgIpc) is 2.39. The van der Waals surface area contributed by atoms with Gasteiger partial charge in [0.15, 0.2) is 0 Å². The number of halogens is 1. The van der Waals surface area contributed by atoms with Crippen LogP contribution in [0, 0.1) is 0 Å². The van der Waals surface area contributed by atoms with Gasteiger partial charge in [0.05, 0.1) is 0 Å². The molecule has 1 saturated heterocycles. The summed E-state index contributed by atoms with van der Waals surface area (Å²) in [6, 6.07) is 0. The van der Waals surface area contributed by atoms with Crippen LogP contribution in [0.15, 0.2) is 0 Å². The van der Waals surface area contributed by atoms with Crippen molar-refractivity contribution in [2.24, 2.45) is 0 Å². The van der Waals surface area contributed by atoms with Crippen molar-refractivity contribution in [2.75, 3.05) is 19.6 Å². The molecule has 1 aliphatic rings. The molecule has 0 aromatic carbocycles. The van der Waals surface area contributed by atoms with Gasteiger partial charge in [-0.1, -0.05) is 0 Å². The maximum atomic E-state index is 10.4. The lowest BCUT2D eigenvalue weighted by Crippen LogP contribution is -2.20. The minimum Gasteiger partial charge on any atom is -0.303 e. The molecule has 0 amide bonds. The summed E-state index contributed by atoms with van der Waals surface area (Å²) in [6.07, 6.45) is 4.07. The van der Waals surface area contributed by atoms with E-state index in [0.29, 0.717) is 6.42 Å². The molecule has 0 aromatic rings. The Labute approximate surface area is 72.5 Å². The van der Waals surface area contributed by atoms with Gasteiger partial charge in [0.25, 0.3) is 0 Å². The second-order valence-electron chi connectivity index (χ2n) is 3.01. The molecule has 0 atom stereocenters. The van der Waals surface area contributed by atoms with Crippen LogP contribution in [0.1, 0.15) is 25.7 Å². The van der Waals surface area contributed by atoms with Crippen LogP contribution in [0.2, 0.25) is 0 Å². The van der Waals surface area contributed by atoms with E-state index in [-0.39, 0.29) is 5.24 Å². The van der Waals surface area contributed by atoms with Gasteiger partial charge in [-0.05, 0) is 50.5 Å². The molecule has 0 radical (unpaired) electrons. The lowest BCUT2D eigenvalue weighted by atomic mass is 10.3. The second-order valence-corrected chi connectivity index (χ2v) is 3.43. The highest BCUT2D eigenvalue weighted by molar-refractivity contribution is 6.63. The summed E-state index contributed by atoms with van der Waals surface area (Å²) in [5.41, 5.74) is 0.